The first kappa shape index (κ1) is 12.7. The Morgan fingerprint density at radius 1 is 1.41 bits per heavy atom. The molecule has 94 valence electrons. The first-order valence-electron chi connectivity index (χ1n) is 6.41. The van der Waals surface area contributed by atoms with Gasteiger partial charge in [0.2, 0.25) is 0 Å². The molecule has 0 saturated heterocycles. The Kier molecular flexibility index (Phi) is 4.30. The summed E-state index contributed by atoms with van der Waals surface area (Å²) in [5.74, 6) is 0.905. The standard InChI is InChI=1S/C14H21ClN2/c1-3-16-9-12-8-13(15)6-7-14(12)17(2)10-11-4-5-11/h6-8,11,16H,3-5,9-10H2,1-2H3. The van der Waals surface area contributed by atoms with Crippen molar-refractivity contribution in [3.05, 3.63) is 28.8 Å². The summed E-state index contributed by atoms with van der Waals surface area (Å²) in [7, 11) is 2.18. The number of anilines is 1. The highest BCUT2D eigenvalue weighted by Crippen LogP contribution is 2.32. The van der Waals surface area contributed by atoms with Crippen LogP contribution in [0.15, 0.2) is 18.2 Å². The van der Waals surface area contributed by atoms with Crippen LogP contribution in [0.3, 0.4) is 0 Å². The van der Waals surface area contributed by atoms with Gasteiger partial charge in [-0.1, -0.05) is 18.5 Å². The van der Waals surface area contributed by atoms with Gasteiger partial charge >= 0.3 is 0 Å². The van der Waals surface area contributed by atoms with E-state index < -0.39 is 0 Å². The Morgan fingerprint density at radius 2 is 2.18 bits per heavy atom. The first-order valence-corrected chi connectivity index (χ1v) is 6.78. The fraction of sp³-hybridized carbons (Fsp3) is 0.571. The predicted molar refractivity (Wildman–Crippen MR) is 74.8 cm³/mol. The van der Waals surface area contributed by atoms with Gasteiger partial charge in [-0.25, -0.2) is 0 Å². The van der Waals surface area contributed by atoms with Gasteiger partial charge in [0.1, 0.15) is 0 Å². The van der Waals surface area contributed by atoms with Crippen LogP contribution in [0, 0.1) is 5.92 Å². The van der Waals surface area contributed by atoms with E-state index >= 15 is 0 Å². The van der Waals surface area contributed by atoms with Gasteiger partial charge in [0.15, 0.2) is 0 Å². The smallest absolute Gasteiger partial charge is 0.0410 e. The fourth-order valence-electron chi connectivity index (χ4n) is 2.11. The summed E-state index contributed by atoms with van der Waals surface area (Å²) in [6.07, 6.45) is 2.78. The number of benzene rings is 1. The van der Waals surface area contributed by atoms with Gasteiger partial charge in [-0.05, 0) is 49.1 Å². The van der Waals surface area contributed by atoms with Gasteiger partial charge in [-0.2, -0.15) is 0 Å². The molecule has 1 aromatic rings. The minimum absolute atomic E-state index is 0.821. The van der Waals surface area contributed by atoms with E-state index in [4.69, 9.17) is 11.6 Å². The van der Waals surface area contributed by atoms with E-state index in [9.17, 15) is 0 Å². The normalized spacial score (nSPS) is 15.0. The van der Waals surface area contributed by atoms with Gasteiger partial charge in [0, 0.05) is 30.8 Å². The minimum Gasteiger partial charge on any atom is -0.374 e. The predicted octanol–water partition coefficient (Wildman–Crippen LogP) is 3.30. The topological polar surface area (TPSA) is 15.3 Å². The van der Waals surface area contributed by atoms with Crippen LogP contribution >= 0.6 is 11.6 Å². The lowest BCUT2D eigenvalue weighted by atomic mass is 10.1. The van der Waals surface area contributed by atoms with Crippen molar-refractivity contribution in [2.75, 3.05) is 25.0 Å². The van der Waals surface area contributed by atoms with E-state index in [0.29, 0.717) is 0 Å². The quantitative estimate of drug-likeness (QED) is 0.836. The number of halogens is 1. The molecule has 0 amide bonds. The van der Waals surface area contributed by atoms with Crippen molar-refractivity contribution in [1.29, 1.82) is 0 Å². The number of nitrogens with zero attached hydrogens (tertiary/aromatic N) is 1. The summed E-state index contributed by atoms with van der Waals surface area (Å²) in [4.78, 5) is 2.36. The third-order valence-electron chi connectivity index (χ3n) is 3.25. The molecule has 2 nitrogen and oxygen atoms in total. The molecule has 0 unspecified atom stereocenters. The number of hydrogen-bond donors (Lipinski definition) is 1. The molecule has 0 atom stereocenters. The summed E-state index contributed by atoms with van der Waals surface area (Å²) in [5, 5.41) is 4.19. The number of nitrogens with one attached hydrogen (secondary N) is 1. The number of hydrogen-bond acceptors (Lipinski definition) is 2. The molecule has 0 aliphatic heterocycles. The first-order chi connectivity index (χ1) is 8.20. The van der Waals surface area contributed by atoms with Crippen LogP contribution in [0.1, 0.15) is 25.3 Å². The molecular formula is C14H21ClN2. The molecule has 2 rings (SSSR count). The Hall–Kier alpha value is -0.730. The van der Waals surface area contributed by atoms with Crippen molar-refractivity contribution >= 4 is 17.3 Å². The second kappa shape index (κ2) is 5.74. The summed E-state index contributed by atoms with van der Waals surface area (Å²) in [6, 6.07) is 6.19. The van der Waals surface area contributed by atoms with E-state index in [-0.39, 0.29) is 0 Å². The highest BCUT2D eigenvalue weighted by molar-refractivity contribution is 6.30. The SMILES string of the molecule is CCNCc1cc(Cl)ccc1N(C)CC1CC1. The summed E-state index contributed by atoms with van der Waals surface area (Å²) < 4.78 is 0. The summed E-state index contributed by atoms with van der Waals surface area (Å²) in [5.41, 5.74) is 2.60. The van der Waals surface area contributed by atoms with E-state index in [1.807, 2.05) is 6.07 Å². The highest BCUT2D eigenvalue weighted by atomic mass is 35.5. The van der Waals surface area contributed by atoms with Gasteiger partial charge in [0.25, 0.3) is 0 Å². The molecule has 0 spiro atoms. The zero-order valence-corrected chi connectivity index (χ0v) is 11.4. The average Bonchev–Trinajstić information content (AvgIpc) is 3.10. The average molecular weight is 253 g/mol. The second-order valence-electron chi connectivity index (χ2n) is 4.88. The Morgan fingerprint density at radius 3 is 2.82 bits per heavy atom. The molecule has 0 heterocycles. The third-order valence-corrected chi connectivity index (χ3v) is 3.48. The molecule has 0 aromatic heterocycles. The molecule has 0 bridgehead atoms. The fourth-order valence-corrected chi connectivity index (χ4v) is 2.31. The lowest BCUT2D eigenvalue weighted by molar-refractivity contribution is 0.718. The highest BCUT2D eigenvalue weighted by Gasteiger charge is 2.23. The maximum Gasteiger partial charge on any atom is 0.0410 e. The monoisotopic (exact) mass is 252 g/mol. The van der Waals surface area contributed by atoms with Gasteiger partial charge in [-0.15, -0.1) is 0 Å². The van der Waals surface area contributed by atoms with E-state index in [1.165, 1.54) is 30.6 Å². The van der Waals surface area contributed by atoms with Crippen molar-refractivity contribution < 1.29 is 0 Å². The van der Waals surface area contributed by atoms with Crippen LogP contribution in [0.2, 0.25) is 5.02 Å². The molecule has 1 aliphatic carbocycles. The van der Waals surface area contributed by atoms with Crippen LogP contribution < -0.4 is 10.2 Å². The van der Waals surface area contributed by atoms with E-state index in [2.05, 4.69) is 36.3 Å². The van der Waals surface area contributed by atoms with Crippen molar-refractivity contribution in [3.8, 4) is 0 Å². The number of rotatable bonds is 6. The molecule has 1 aromatic carbocycles. The molecular weight excluding hydrogens is 232 g/mol. The maximum atomic E-state index is 6.07. The van der Waals surface area contributed by atoms with Crippen LogP contribution in [-0.2, 0) is 6.54 Å². The molecule has 0 radical (unpaired) electrons. The third kappa shape index (κ3) is 3.62. The lowest BCUT2D eigenvalue weighted by Gasteiger charge is -2.22. The van der Waals surface area contributed by atoms with E-state index in [0.717, 1.165) is 24.0 Å². The van der Waals surface area contributed by atoms with Crippen molar-refractivity contribution in [2.24, 2.45) is 5.92 Å². The van der Waals surface area contributed by atoms with Gasteiger partial charge < -0.3 is 10.2 Å². The van der Waals surface area contributed by atoms with Crippen LogP contribution in [-0.4, -0.2) is 20.1 Å². The van der Waals surface area contributed by atoms with E-state index in [1.54, 1.807) is 0 Å². The van der Waals surface area contributed by atoms with Crippen LogP contribution in [0.25, 0.3) is 0 Å². The van der Waals surface area contributed by atoms with Crippen LogP contribution in [0.5, 0.6) is 0 Å². The molecule has 1 N–H and O–H groups in total. The summed E-state index contributed by atoms with van der Waals surface area (Å²) >= 11 is 6.07. The zero-order chi connectivity index (χ0) is 12.3. The van der Waals surface area contributed by atoms with Gasteiger partial charge in [0.05, 0.1) is 0 Å². The Balaban J connectivity index is 2.11. The molecule has 3 heteroatoms. The molecule has 1 aliphatic rings. The van der Waals surface area contributed by atoms with Crippen LogP contribution in [0.4, 0.5) is 5.69 Å². The second-order valence-corrected chi connectivity index (χ2v) is 5.31. The summed E-state index contributed by atoms with van der Waals surface area (Å²) in [6.45, 7) is 5.17. The lowest BCUT2D eigenvalue weighted by Crippen LogP contribution is -2.23. The van der Waals surface area contributed by atoms with Crippen molar-refractivity contribution in [2.45, 2.75) is 26.3 Å². The molecule has 1 fully saturated rings. The minimum atomic E-state index is 0.821. The molecule has 1 saturated carbocycles. The van der Waals surface area contributed by atoms with Crippen molar-refractivity contribution in [1.82, 2.24) is 5.32 Å². The van der Waals surface area contributed by atoms with Crippen molar-refractivity contribution in [3.63, 3.8) is 0 Å². The van der Waals surface area contributed by atoms with Gasteiger partial charge in [-0.3, -0.25) is 0 Å². The largest absolute Gasteiger partial charge is 0.374 e. The maximum absolute atomic E-state index is 6.07. The Labute approximate surface area is 109 Å². The Bertz CT molecular complexity index is 374. The zero-order valence-electron chi connectivity index (χ0n) is 10.7. The molecule has 17 heavy (non-hydrogen) atoms.